The minimum Gasteiger partial charge on any atom is -0.466 e. The summed E-state index contributed by atoms with van der Waals surface area (Å²) in [6, 6.07) is -0.637. The summed E-state index contributed by atoms with van der Waals surface area (Å²) in [5, 5.41) is 23.1. The van der Waals surface area contributed by atoms with Crippen LogP contribution in [0.2, 0.25) is 0 Å². The van der Waals surface area contributed by atoms with E-state index in [0.29, 0.717) is 19.4 Å². The molecule has 0 bridgehead atoms. The highest BCUT2D eigenvalue weighted by molar-refractivity contribution is 5.76. The smallest absolute Gasteiger partial charge is 0.305 e. The van der Waals surface area contributed by atoms with E-state index in [2.05, 4.69) is 55.6 Å². The normalized spacial score (nSPS) is 12.9. The average molecular weight is 997 g/mol. The Morgan fingerprint density at radius 3 is 1.08 bits per heavy atom. The summed E-state index contributed by atoms with van der Waals surface area (Å²) in [4.78, 5) is 24.6. The van der Waals surface area contributed by atoms with E-state index in [0.717, 1.165) is 77.0 Å². The highest BCUT2D eigenvalue weighted by atomic mass is 16.5. The van der Waals surface area contributed by atoms with Crippen LogP contribution in [0.4, 0.5) is 0 Å². The van der Waals surface area contributed by atoms with Crippen LogP contribution in [-0.4, -0.2) is 47.4 Å². The Bertz CT molecular complexity index is 1190. The number of aliphatic hydroxyl groups is 2. The summed E-state index contributed by atoms with van der Waals surface area (Å²) in [5.41, 5.74) is 0. The number of ether oxygens (including phenoxy) is 1. The third-order valence-electron chi connectivity index (χ3n) is 14.3. The Labute approximate surface area is 442 Å². The lowest BCUT2D eigenvalue weighted by Gasteiger charge is -2.20. The fourth-order valence-electron chi connectivity index (χ4n) is 9.50. The Morgan fingerprint density at radius 1 is 0.394 bits per heavy atom. The first-order valence-electron chi connectivity index (χ1n) is 31.4. The van der Waals surface area contributed by atoms with Crippen molar-refractivity contribution in [2.75, 3.05) is 13.2 Å². The number of allylic oxidation sites excluding steroid dienone is 7. The van der Waals surface area contributed by atoms with Crippen molar-refractivity contribution < 1.29 is 24.5 Å². The van der Waals surface area contributed by atoms with Crippen LogP contribution in [0.1, 0.15) is 328 Å². The second kappa shape index (κ2) is 60.4. The van der Waals surface area contributed by atoms with Crippen molar-refractivity contribution in [3.63, 3.8) is 0 Å². The molecule has 0 saturated carbocycles. The molecule has 0 aliphatic rings. The van der Waals surface area contributed by atoms with E-state index < -0.39 is 12.1 Å². The van der Waals surface area contributed by atoms with Gasteiger partial charge in [0.2, 0.25) is 5.91 Å². The molecule has 2 atom stereocenters. The number of unbranched alkanes of at least 4 members (excludes halogenated alkanes) is 42. The summed E-state index contributed by atoms with van der Waals surface area (Å²) in [5.74, 6) is -0.0917. The molecule has 0 radical (unpaired) electrons. The predicted molar refractivity (Wildman–Crippen MR) is 310 cm³/mol. The van der Waals surface area contributed by atoms with Gasteiger partial charge in [-0.05, 0) is 89.9 Å². The minimum atomic E-state index is -0.852. The molecule has 0 aliphatic carbocycles. The molecule has 0 heterocycles. The molecule has 0 fully saturated rings. The van der Waals surface area contributed by atoms with Gasteiger partial charge in [0.1, 0.15) is 0 Å². The molecule has 71 heavy (non-hydrogen) atoms. The first kappa shape index (κ1) is 68.8. The summed E-state index contributed by atoms with van der Waals surface area (Å²) >= 11 is 0. The van der Waals surface area contributed by atoms with Crippen molar-refractivity contribution in [1.29, 1.82) is 0 Å². The van der Waals surface area contributed by atoms with Crippen molar-refractivity contribution in [2.24, 2.45) is 0 Å². The van der Waals surface area contributed by atoms with Crippen molar-refractivity contribution >= 4 is 11.9 Å². The van der Waals surface area contributed by atoms with Crippen molar-refractivity contribution in [2.45, 2.75) is 341 Å². The van der Waals surface area contributed by atoms with E-state index in [1.54, 1.807) is 6.08 Å². The van der Waals surface area contributed by atoms with E-state index in [4.69, 9.17) is 4.74 Å². The predicted octanol–water partition coefficient (Wildman–Crippen LogP) is 19.7. The zero-order chi connectivity index (χ0) is 51.4. The van der Waals surface area contributed by atoms with Gasteiger partial charge in [0.05, 0.1) is 25.4 Å². The SMILES string of the molecule is CCCCCCCC/C=C\CCCCCCCCCCCC(=O)OCCCCC/C=C\C=C/CCCCCCCCCCCCC(=O)NC(CO)C(O)/C=C/CCCCCCCCCCCCCCCC. The van der Waals surface area contributed by atoms with Crippen molar-refractivity contribution in [3.8, 4) is 0 Å². The van der Waals surface area contributed by atoms with E-state index in [1.165, 1.54) is 225 Å². The van der Waals surface area contributed by atoms with Gasteiger partial charge in [0.15, 0.2) is 0 Å². The first-order chi connectivity index (χ1) is 35.0. The highest BCUT2D eigenvalue weighted by Crippen LogP contribution is 2.17. The lowest BCUT2D eigenvalue weighted by Crippen LogP contribution is -2.45. The second-order valence-electron chi connectivity index (χ2n) is 21.4. The van der Waals surface area contributed by atoms with Gasteiger partial charge in [-0.2, -0.15) is 0 Å². The molecule has 6 nitrogen and oxygen atoms in total. The molecule has 416 valence electrons. The van der Waals surface area contributed by atoms with Crippen molar-refractivity contribution in [1.82, 2.24) is 5.32 Å². The lowest BCUT2D eigenvalue weighted by atomic mass is 10.0. The minimum absolute atomic E-state index is 0.0147. The second-order valence-corrected chi connectivity index (χ2v) is 21.4. The van der Waals surface area contributed by atoms with Gasteiger partial charge in [-0.15, -0.1) is 0 Å². The van der Waals surface area contributed by atoms with Gasteiger partial charge in [-0.3, -0.25) is 9.59 Å². The molecule has 0 aromatic rings. The summed E-state index contributed by atoms with van der Waals surface area (Å²) in [6.45, 7) is 4.87. The number of aliphatic hydroxyl groups excluding tert-OH is 2. The fraction of sp³-hybridized carbons (Fsp3) is 0.846. The van der Waals surface area contributed by atoms with Crippen LogP contribution in [0.15, 0.2) is 48.6 Å². The maximum absolute atomic E-state index is 12.5. The first-order valence-corrected chi connectivity index (χ1v) is 31.4. The number of hydrogen-bond donors (Lipinski definition) is 3. The average Bonchev–Trinajstić information content (AvgIpc) is 3.37. The van der Waals surface area contributed by atoms with Gasteiger partial charge in [0.25, 0.3) is 0 Å². The quantitative estimate of drug-likeness (QED) is 0.0244. The van der Waals surface area contributed by atoms with Gasteiger partial charge in [-0.1, -0.05) is 274 Å². The van der Waals surface area contributed by atoms with Crippen LogP contribution in [0, 0.1) is 0 Å². The lowest BCUT2D eigenvalue weighted by molar-refractivity contribution is -0.143. The van der Waals surface area contributed by atoms with Crippen LogP contribution >= 0.6 is 0 Å². The molecular formula is C65H121NO5. The molecular weight excluding hydrogens is 875 g/mol. The van der Waals surface area contributed by atoms with E-state index in [9.17, 15) is 19.8 Å². The number of amides is 1. The van der Waals surface area contributed by atoms with E-state index in [-0.39, 0.29) is 18.5 Å². The molecule has 0 spiro atoms. The Kier molecular flexibility index (Phi) is 58.5. The van der Waals surface area contributed by atoms with Crippen LogP contribution in [0.3, 0.4) is 0 Å². The van der Waals surface area contributed by atoms with Gasteiger partial charge in [-0.25, -0.2) is 0 Å². The van der Waals surface area contributed by atoms with E-state index in [1.807, 2.05) is 6.08 Å². The number of nitrogens with one attached hydrogen (secondary N) is 1. The topological polar surface area (TPSA) is 95.9 Å². The number of esters is 1. The standard InChI is InChI=1S/C65H121NO5/c1-3-5-7-9-11-13-15-17-19-21-23-27-31-35-39-43-47-51-55-59-65(70)71-60-56-52-48-44-40-36-32-28-25-22-24-26-30-34-38-42-46-50-54-58-64(69)66-62(61-67)63(68)57-53-49-45-41-37-33-29-20-18-16-14-12-10-8-6-4-2/h17,19,28,32,36,40,53,57,62-63,67-68H,3-16,18,20-27,29-31,33-35,37-39,41-52,54-56,58-61H2,1-2H3,(H,66,69)/b19-17-,32-28-,40-36-,57-53+. The van der Waals surface area contributed by atoms with E-state index >= 15 is 0 Å². The van der Waals surface area contributed by atoms with Gasteiger partial charge < -0.3 is 20.3 Å². The maximum atomic E-state index is 12.5. The van der Waals surface area contributed by atoms with Crippen LogP contribution in [0.5, 0.6) is 0 Å². The summed E-state index contributed by atoms with van der Waals surface area (Å²) in [7, 11) is 0. The Hall–Kier alpha value is -2.18. The molecule has 0 saturated heterocycles. The maximum Gasteiger partial charge on any atom is 0.305 e. The number of carbonyl (C=O) groups is 2. The monoisotopic (exact) mass is 996 g/mol. The largest absolute Gasteiger partial charge is 0.466 e. The fourth-order valence-corrected chi connectivity index (χ4v) is 9.50. The Morgan fingerprint density at radius 2 is 0.704 bits per heavy atom. The molecule has 0 rings (SSSR count). The zero-order valence-corrected chi connectivity index (χ0v) is 47.5. The Balaban J connectivity index is 3.49. The van der Waals surface area contributed by atoms with Crippen molar-refractivity contribution in [3.05, 3.63) is 48.6 Å². The molecule has 1 amide bonds. The van der Waals surface area contributed by atoms with Gasteiger partial charge >= 0.3 is 5.97 Å². The molecule has 3 N–H and O–H groups in total. The molecule has 0 aromatic heterocycles. The summed E-state index contributed by atoms with van der Waals surface area (Å²) < 4.78 is 5.47. The van der Waals surface area contributed by atoms with Crippen LogP contribution in [-0.2, 0) is 14.3 Å². The molecule has 6 heteroatoms. The zero-order valence-electron chi connectivity index (χ0n) is 47.5. The highest BCUT2D eigenvalue weighted by Gasteiger charge is 2.18. The number of rotatable bonds is 58. The van der Waals surface area contributed by atoms with Gasteiger partial charge in [0, 0.05) is 12.8 Å². The third-order valence-corrected chi connectivity index (χ3v) is 14.3. The molecule has 2 unspecified atom stereocenters. The number of carbonyl (C=O) groups excluding carboxylic acids is 2. The van der Waals surface area contributed by atoms with Crippen LogP contribution in [0.25, 0.3) is 0 Å². The third kappa shape index (κ3) is 57.0. The molecule has 0 aliphatic heterocycles. The number of hydrogen-bond acceptors (Lipinski definition) is 5. The molecule has 0 aromatic carbocycles. The van der Waals surface area contributed by atoms with Crippen LogP contribution < -0.4 is 5.32 Å². The summed E-state index contributed by atoms with van der Waals surface area (Å²) in [6.07, 6.45) is 77.2.